The summed E-state index contributed by atoms with van der Waals surface area (Å²) in [5, 5.41) is 0. The Labute approximate surface area is 74.8 Å². The van der Waals surface area contributed by atoms with Gasteiger partial charge in [0.25, 0.3) is 0 Å². The molecule has 0 amide bonds. The molecule has 0 aliphatic heterocycles. The number of hydrogen-bond donors (Lipinski definition) is 0. The highest BCUT2D eigenvalue weighted by atomic mass is 19.4. The van der Waals surface area contributed by atoms with Crippen LogP contribution in [0.3, 0.4) is 0 Å². The molecule has 0 heterocycles. The third kappa shape index (κ3) is 5.96. The first-order valence-corrected chi connectivity index (χ1v) is 3.51. The standard InChI is InChI=1S/C8H8O.BF3/c1-7-4-2-3-5-8(7)6-9;2-1(3)4/h2-6H,1H3;. The second kappa shape index (κ2) is 6.28. The Kier molecular flexibility index (Phi) is 5.68. The Balaban J connectivity index is 0.000000310. The van der Waals surface area contributed by atoms with Crippen LogP contribution in [0, 0.1) is 6.92 Å². The van der Waals surface area contributed by atoms with Crippen LogP contribution in [0.4, 0.5) is 12.9 Å². The summed E-state index contributed by atoms with van der Waals surface area (Å²) >= 11 is 0. The Bertz CT molecular complexity index is 263. The average Bonchev–Trinajstić information content (AvgIpc) is 2.04. The van der Waals surface area contributed by atoms with Crippen LogP contribution in [-0.4, -0.2) is 13.8 Å². The Hall–Kier alpha value is -1.26. The zero-order valence-electron chi connectivity index (χ0n) is 7.01. The van der Waals surface area contributed by atoms with Crippen molar-refractivity contribution >= 4 is 13.8 Å². The number of aldehydes is 1. The first-order chi connectivity index (χ1) is 6.07. The molecule has 0 bridgehead atoms. The molecule has 5 heteroatoms. The van der Waals surface area contributed by atoms with E-state index in [0.29, 0.717) is 0 Å². The molecule has 0 saturated carbocycles. The van der Waals surface area contributed by atoms with Crippen molar-refractivity contribution in [1.29, 1.82) is 0 Å². The lowest BCUT2D eigenvalue weighted by Crippen LogP contribution is -1.82. The normalized spacial score (nSPS) is 8.31. The molecule has 0 aliphatic rings. The third-order valence-corrected chi connectivity index (χ3v) is 1.32. The SMILES string of the molecule is Cc1ccccc1C=O.FB(F)F. The maximum atomic E-state index is 10.2. The van der Waals surface area contributed by atoms with E-state index in [1.807, 2.05) is 31.2 Å². The molecule has 0 radical (unpaired) electrons. The fraction of sp³-hybridized carbons (Fsp3) is 0.125. The Morgan fingerprint density at radius 1 is 1.23 bits per heavy atom. The van der Waals surface area contributed by atoms with E-state index in [4.69, 9.17) is 0 Å². The monoisotopic (exact) mass is 188 g/mol. The summed E-state index contributed by atoms with van der Waals surface area (Å²) in [5.41, 5.74) is 1.81. The van der Waals surface area contributed by atoms with Gasteiger partial charge in [0, 0.05) is 5.56 Å². The van der Waals surface area contributed by atoms with Crippen molar-refractivity contribution in [3.63, 3.8) is 0 Å². The van der Waals surface area contributed by atoms with E-state index >= 15 is 0 Å². The molecule has 0 unspecified atom stereocenters. The largest absolute Gasteiger partial charge is 0.762 e. The molecule has 0 fully saturated rings. The number of benzene rings is 1. The zero-order chi connectivity index (χ0) is 10.3. The van der Waals surface area contributed by atoms with Crippen molar-refractivity contribution in [1.82, 2.24) is 0 Å². The van der Waals surface area contributed by atoms with Crippen LogP contribution in [0.25, 0.3) is 0 Å². The van der Waals surface area contributed by atoms with E-state index in [0.717, 1.165) is 17.4 Å². The summed E-state index contributed by atoms with van der Waals surface area (Å²) in [5.74, 6) is 0. The van der Waals surface area contributed by atoms with Gasteiger partial charge in [-0.1, -0.05) is 24.3 Å². The summed E-state index contributed by atoms with van der Waals surface area (Å²) in [7, 11) is -3.67. The lowest BCUT2D eigenvalue weighted by atomic mass is 10.1. The molecule has 0 N–H and O–H groups in total. The van der Waals surface area contributed by atoms with Crippen LogP contribution in [-0.2, 0) is 0 Å². The van der Waals surface area contributed by atoms with Gasteiger partial charge < -0.3 is 0 Å². The number of carbonyl (C=O) groups is 1. The maximum Gasteiger partial charge on any atom is 0.762 e. The van der Waals surface area contributed by atoms with Gasteiger partial charge in [0.1, 0.15) is 6.29 Å². The van der Waals surface area contributed by atoms with Crippen molar-refractivity contribution < 1.29 is 17.7 Å². The summed E-state index contributed by atoms with van der Waals surface area (Å²) in [4.78, 5) is 10.2. The Morgan fingerprint density at radius 2 is 1.69 bits per heavy atom. The van der Waals surface area contributed by atoms with E-state index in [-0.39, 0.29) is 0 Å². The summed E-state index contributed by atoms with van der Waals surface area (Å²) in [6, 6.07) is 7.51. The van der Waals surface area contributed by atoms with E-state index in [2.05, 4.69) is 0 Å². The van der Waals surface area contributed by atoms with Crippen LogP contribution in [0.5, 0.6) is 0 Å². The predicted molar refractivity (Wildman–Crippen MR) is 45.6 cm³/mol. The minimum atomic E-state index is -3.67. The first kappa shape index (κ1) is 11.7. The third-order valence-electron chi connectivity index (χ3n) is 1.32. The lowest BCUT2D eigenvalue weighted by molar-refractivity contribution is 0.112. The van der Waals surface area contributed by atoms with Gasteiger partial charge >= 0.3 is 7.54 Å². The molecule has 1 rings (SSSR count). The van der Waals surface area contributed by atoms with Gasteiger partial charge in [0.2, 0.25) is 0 Å². The van der Waals surface area contributed by atoms with Crippen molar-refractivity contribution in [3.8, 4) is 0 Å². The minimum absolute atomic E-state index is 0.775. The summed E-state index contributed by atoms with van der Waals surface area (Å²) < 4.78 is 29.0. The van der Waals surface area contributed by atoms with Gasteiger partial charge in [-0.05, 0) is 12.5 Å². The summed E-state index contributed by atoms with van der Waals surface area (Å²) in [6.07, 6.45) is 0.870. The number of aryl methyl sites for hydroxylation is 1. The van der Waals surface area contributed by atoms with Crippen LogP contribution >= 0.6 is 0 Å². The molecular weight excluding hydrogens is 180 g/mol. The van der Waals surface area contributed by atoms with Crippen molar-refractivity contribution in [2.75, 3.05) is 0 Å². The fourth-order valence-electron chi connectivity index (χ4n) is 0.719. The molecular formula is C8H8BF3O. The lowest BCUT2D eigenvalue weighted by Gasteiger charge is -1.92. The molecule has 1 nitrogen and oxygen atoms in total. The predicted octanol–water partition coefficient (Wildman–Crippen LogP) is 2.69. The van der Waals surface area contributed by atoms with E-state index in [1.54, 1.807) is 0 Å². The van der Waals surface area contributed by atoms with Crippen molar-refractivity contribution in [2.24, 2.45) is 0 Å². The quantitative estimate of drug-likeness (QED) is 0.489. The summed E-state index contributed by atoms with van der Waals surface area (Å²) in [6.45, 7) is 1.92. The van der Waals surface area contributed by atoms with Crippen molar-refractivity contribution in [3.05, 3.63) is 35.4 Å². The number of carbonyl (C=O) groups excluding carboxylic acids is 1. The van der Waals surface area contributed by atoms with Crippen LogP contribution in [0.15, 0.2) is 24.3 Å². The molecule has 1 aromatic rings. The highest BCUT2D eigenvalue weighted by molar-refractivity contribution is 6.33. The molecule has 0 spiro atoms. The average molecular weight is 188 g/mol. The number of halogens is 3. The molecule has 13 heavy (non-hydrogen) atoms. The zero-order valence-corrected chi connectivity index (χ0v) is 7.01. The van der Waals surface area contributed by atoms with E-state index in [9.17, 15) is 17.7 Å². The van der Waals surface area contributed by atoms with Crippen LogP contribution in [0.2, 0.25) is 0 Å². The fourth-order valence-corrected chi connectivity index (χ4v) is 0.719. The molecule has 0 aromatic heterocycles. The molecule has 0 saturated heterocycles. The van der Waals surface area contributed by atoms with E-state index < -0.39 is 7.54 Å². The molecule has 70 valence electrons. The highest BCUT2D eigenvalue weighted by Crippen LogP contribution is 2.02. The smallest absolute Gasteiger partial charge is 0.298 e. The molecule has 1 aromatic carbocycles. The molecule has 0 aliphatic carbocycles. The van der Waals surface area contributed by atoms with Gasteiger partial charge in [0.05, 0.1) is 0 Å². The number of rotatable bonds is 1. The first-order valence-electron chi connectivity index (χ1n) is 3.51. The minimum Gasteiger partial charge on any atom is -0.298 e. The van der Waals surface area contributed by atoms with Gasteiger partial charge in [-0.15, -0.1) is 0 Å². The Morgan fingerprint density at radius 3 is 2.00 bits per heavy atom. The van der Waals surface area contributed by atoms with Crippen molar-refractivity contribution in [2.45, 2.75) is 6.92 Å². The van der Waals surface area contributed by atoms with Crippen LogP contribution < -0.4 is 0 Å². The van der Waals surface area contributed by atoms with Gasteiger partial charge in [-0.3, -0.25) is 17.7 Å². The van der Waals surface area contributed by atoms with Gasteiger partial charge in [0.15, 0.2) is 0 Å². The van der Waals surface area contributed by atoms with Gasteiger partial charge in [-0.25, -0.2) is 0 Å². The van der Waals surface area contributed by atoms with E-state index in [1.165, 1.54) is 0 Å². The molecule has 0 atom stereocenters. The topological polar surface area (TPSA) is 17.1 Å². The number of hydrogen-bond acceptors (Lipinski definition) is 1. The van der Waals surface area contributed by atoms with Crippen LogP contribution in [0.1, 0.15) is 15.9 Å². The maximum absolute atomic E-state index is 10.2. The van der Waals surface area contributed by atoms with Gasteiger partial charge in [-0.2, -0.15) is 0 Å². The second-order valence-electron chi connectivity index (χ2n) is 2.22. The highest BCUT2D eigenvalue weighted by Gasteiger charge is 2.06. The second-order valence-corrected chi connectivity index (χ2v) is 2.22.